The smallest absolute Gasteiger partial charge is 0.328 e. The van der Waals surface area contributed by atoms with Gasteiger partial charge in [-0.1, -0.05) is 18.6 Å². The highest BCUT2D eigenvalue weighted by molar-refractivity contribution is 6.21. The second kappa shape index (κ2) is 13.4. The summed E-state index contributed by atoms with van der Waals surface area (Å²) in [6, 6.07) is 10.9. The number of carbonyl (C=O) groups excluding carboxylic acids is 2. The van der Waals surface area contributed by atoms with Crippen molar-refractivity contribution in [2.24, 2.45) is 0 Å². The van der Waals surface area contributed by atoms with Gasteiger partial charge in [-0.05, 0) is 68.6 Å². The van der Waals surface area contributed by atoms with E-state index in [0.717, 1.165) is 30.2 Å². The summed E-state index contributed by atoms with van der Waals surface area (Å²) in [5, 5.41) is 26.1. The predicted molar refractivity (Wildman–Crippen MR) is 134 cm³/mol. The summed E-state index contributed by atoms with van der Waals surface area (Å²) in [7, 11) is 0. The number of hydrogen-bond donors (Lipinski definition) is 3. The van der Waals surface area contributed by atoms with E-state index >= 15 is 0 Å². The molecule has 2 aromatic rings. The minimum atomic E-state index is -1.26. The first kappa shape index (κ1) is 27.7. The molecule has 10 heteroatoms. The van der Waals surface area contributed by atoms with Gasteiger partial charge >= 0.3 is 11.9 Å². The molecule has 0 radical (unpaired) electrons. The zero-order valence-electron chi connectivity index (χ0n) is 20.5. The quantitative estimate of drug-likeness (QED) is 0.342. The Balaban J connectivity index is 0.000000414. The number of nitrogens with zero attached hydrogens (tertiary/aromatic N) is 3. The fourth-order valence-electron chi connectivity index (χ4n) is 4.30. The van der Waals surface area contributed by atoms with Crippen molar-refractivity contribution in [2.75, 3.05) is 19.6 Å². The van der Waals surface area contributed by atoms with Crippen molar-refractivity contribution >= 4 is 23.8 Å². The number of amides is 2. The minimum absolute atomic E-state index is 0.0137. The monoisotopic (exact) mass is 509 g/mol. The number of likely N-dealkylation sites (tertiary alicyclic amines) is 1. The van der Waals surface area contributed by atoms with Crippen LogP contribution in [-0.4, -0.2) is 79.6 Å². The van der Waals surface area contributed by atoms with E-state index in [-0.39, 0.29) is 18.4 Å². The van der Waals surface area contributed by atoms with Crippen LogP contribution in [0.2, 0.25) is 0 Å². The van der Waals surface area contributed by atoms with Crippen LogP contribution in [0.4, 0.5) is 0 Å². The van der Waals surface area contributed by atoms with Crippen LogP contribution in [0.25, 0.3) is 0 Å². The van der Waals surface area contributed by atoms with Crippen LogP contribution >= 0.6 is 0 Å². The highest BCUT2D eigenvalue weighted by Crippen LogP contribution is 2.23. The number of aliphatic carboxylic acids is 2. The normalized spacial score (nSPS) is 16.3. The molecule has 2 aliphatic rings. The predicted octanol–water partition coefficient (Wildman–Crippen LogP) is 2.37. The van der Waals surface area contributed by atoms with E-state index < -0.39 is 18.0 Å². The number of pyridine rings is 1. The molecule has 1 aromatic heterocycles. The van der Waals surface area contributed by atoms with E-state index in [4.69, 9.17) is 10.2 Å². The minimum Gasteiger partial charge on any atom is -0.478 e. The van der Waals surface area contributed by atoms with Gasteiger partial charge in [0, 0.05) is 30.6 Å². The number of aliphatic hydroxyl groups excluding tert-OH is 1. The molecule has 1 saturated heterocycles. The fourth-order valence-corrected chi connectivity index (χ4v) is 4.30. The maximum Gasteiger partial charge on any atom is 0.328 e. The lowest BCUT2D eigenvalue weighted by Crippen LogP contribution is -2.37. The molecule has 1 fully saturated rings. The van der Waals surface area contributed by atoms with E-state index in [1.165, 1.54) is 24.8 Å². The van der Waals surface area contributed by atoms with Crippen LogP contribution in [0.3, 0.4) is 0 Å². The molecule has 1 atom stereocenters. The zero-order valence-corrected chi connectivity index (χ0v) is 20.5. The first-order valence-electron chi connectivity index (χ1n) is 12.2. The Morgan fingerprint density at radius 1 is 0.946 bits per heavy atom. The SMILES string of the molecule is O=C(O)/C=C/C(=O)O.O=C1c2ccccc2C(=O)N1CC(O)CCc1cc(CN2CCCCC2)ccn1. The number of rotatable bonds is 9. The van der Waals surface area contributed by atoms with Crippen LogP contribution in [0, 0.1) is 0 Å². The molecule has 2 aliphatic heterocycles. The summed E-state index contributed by atoms with van der Waals surface area (Å²) in [6.07, 6.45) is 7.08. The number of carbonyl (C=O) groups is 4. The van der Waals surface area contributed by atoms with Crippen LogP contribution in [0.5, 0.6) is 0 Å². The van der Waals surface area contributed by atoms with Gasteiger partial charge in [-0.25, -0.2) is 9.59 Å². The second-order valence-electron chi connectivity index (χ2n) is 8.96. The Morgan fingerprint density at radius 3 is 2.11 bits per heavy atom. The molecule has 196 valence electrons. The third-order valence-corrected chi connectivity index (χ3v) is 6.11. The molecular weight excluding hydrogens is 478 g/mol. The van der Waals surface area contributed by atoms with Gasteiger partial charge in [0.1, 0.15) is 0 Å². The van der Waals surface area contributed by atoms with Crippen molar-refractivity contribution in [1.29, 1.82) is 0 Å². The Labute approximate surface area is 214 Å². The highest BCUT2D eigenvalue weighted by Gasteiger charge is 2.35. The Morgan fingerprint density at radius 2 is 1.54 bits per heavy atom. The van der Waals surface area contributed by atoms with E-state index in [1.54, 1.807) is 24.3 Å². The lowest BCUT2D eigenvalue weighted by Gasteiger charge is -2.26. The molecule has 1 aromatic carbocycles. The Bertz CT molecular complexity index is 1110. The lowest BCUT2D eigenvalue weighted by atomic mass is 10.1. The Kier molecular flexibility index (Phi) is 10.0. The van der Waals surface area contributed by atoms with Crippen LogP contribution in [-0.2, 0) is 22.6 Å². The largest absolute Gasteiger partial charge is 0.478 e. The zero-order chi connectivity index (χ0) is 26.8. The van der Waals surface area contributed by atoms with Gasteiger partial charge in [0.05, 0.1) is 23.8 Å². The fraction of sp³-hybridized carbons (Fsp3) is 0.370. The van der Waals surface area contributed by atoms with Gasteiger partial charge in [0.15, 0.2) is 0 Å². The maximum atomic E-state index is 12.4. The van der Waals surface area contributed by atoms with Crippen molar-refractivity contribution in [3.63, 3.8) is 0 Å². The van der Waals surface area contributed by atoms with E-state index in [1.807, 2.05) is 12.3 Å². The van der Waals surface area contributed by atoms with Crippen molar-refractivity contribution in [3.05, 3.63) is 77.1 Å². The molecule has 4 rings (SSSR count). The number of aromatic nitrogens is 1. The number of carboxylic acids is 2. The topological polar surface area (TPSA) is 148 Å². The third-order valence-electron chi connectivity index (χ3n) is 6.11. The standard InChI is InChI=1S/C23H27N3O3.C4H4O4/c27-19(16-26-22(28)20-6-2-3-7-21(20)23(26)29)9-8-18-14-17(10-11-24-18)15-25-12-4-1-5-13-25;5-3(6)1-2-4(7)8/h2-3,6-7,10-11,14,19,27H,1,4-5,8-9,12-13,15-16H2;1-2H,(H,5,6)(H,7,8)/b;2-1+. The van der Waals surface area contributed by atoms with E-state index in [0.29, 0.717) is 36.1 Å². The van der Waals surface area contributed by atoms with E-state index in [9.17, 15) is 24.3 Å². The number of hydrogen-bond acceptors (Lipinski definition) is 7. The van der Waals surface area contributed by atoms with Gasteiger partial charge in [-0.15, -0.1) is 0 Å². The van der Waals surface area contributed by atoms with Crippen LogP contribution in [0.1, 0.15) is 57.7 Å². The summed E-state index contributed by atoms with van der Waals surface area (Å²) in [6.45, 7) is 3.25. The van der Waals surface area contributed by atoms with Crippen molar-refractivity contribution in [2.45, 2.75) is 44.8 Å². The number of piperidine rings is 1. The van der Waals surface area contributed by atoms with Gasteiger partial charge < -0.3 is 15.3 Å². The number of imide groups is 1. The maximum absolute atomic E-state index is 12.4. The average Bonchev–Trinajstić information content (AvgIpc) is 3.12. The van der Waals surface area contributed by atoms with Crippen LogP contribution < -0.4 is 0 Å². The lowest BCUT2D eigenvalue weighted by molar-refractivity contribution is -0.134. The summed E-state index contributed by atoms with van der Waals surface area (Å²) in [5.74, 6) is -3.17. The molecule has 0 aliphatic carbocycles. The van der Waals surface area contributed by atoms with Gasteiger partial charge in [-0.3, -0.25) is 24.4 Å². The van der Waals surface area contributed by atoms with E-state index in [2.05, 4.69) is 16.0 Å². The average molecular weight is 510 g/mol. The summed E-state index contributed by atoms with van der Waals surface area (Å²) < 4.78 is 0. The molecule has 0 bridgehead atoms. The summed E-state index contributed by atoms with van der Waals surface area (Å²) in [5.41, 5.74) is 3.00. The van der Waals surface area contributed by atoms with Crippen molar-refractivity contribution in [3.8, 4) is 0 Å². The van der Waals surface area contributed by atoms with Crippen LogP contribution in [0.15, 0.2) is 54.7 Å². The molecule has 2 amide bonds. The second-order valence-corrected chi connectivity index (χ2v) is 8.96. The molecule has 37 heavy (non-hydrogen) atoms. The Hall–Kier alpha value is -3.89. The molecule has 0 saturated carbocycles. The van der Waals surface area contributed by atoms with Gasteiger partial charge in [0.25, 0.3) is 11.8 Å². The van der Waals surface area contributed by atoms with Gasteiger partial charge in [0.2, 0.25) is 0 Å². The molecule has 0 spiro atoms. The van der Waals surface area contributed by atoms with Gasteiger partial charge in [-0.2, -0.15) is 0 Å². The summed E-state index contributed by atoms with van der Waals surface area (Å²) >= 11 is 0. The molecule has 3 N–H and O–H groups in total. The van der Waals surface area contributed by atoms with Crippen molar-refractivity contribution in [1.82, 2.24) is 14.8 Å². The first-order valence-corrected chi connectivity index (χ1v) is 12.2. The summed E-state index contributed by atoms with van der Waals surface area (Å²) in [4.78, 5) is 52.0. The number of aliphatic hydroxyl groups is 1. The molecule has 10 nitrogen and oxygen atoms in total. The third kappa shape index (κ3) is 8.33. The first-order chi connectivity index (χ1) is 17.7. The van der Waals surface area contributed by atoms with Crippen molar-refractivity contribution < 1.29 is 34.5 Å². The number of fused-ring (bicyclic) bond motifs is 1. The molecular formula is C27H31N3O7. The molecule has 1 unspecified atom stereocenters. The highest BCUT2D eigenvalue weighted by atomic mass is 16.4. The number of β-amino-alcohol motifs (C(OH)–C–C–N with tert-alkyl or cyclic N) is 1. The number of benzene rings is 1. The molecule has 3 heterocycles. The number of carboxylic acid groups (broad SMARTS) is 2. The number of aryl methyl sites for hydroxylation is 1.